The van der Waals surface area contributed by atoms with Crippen molar-refractivity contribution >= 4 is 12.0 Å². The number of carbonyl (C=O) groups excluding carboxylic acids is 2. The van der Waals surface area contributed by atoms with Crippen molar-refractivity contribution in [1.29, 1.82) is 0 Å². The van der Waals surface area contributed by atoms with Crippen LogP contribution >= 0.6 is 0 Å². The number of aromatic nitrogens is 2. The number of amides is 1. The van der Waals surface area contributed by atoms with Gasteiger partial charge < -0.3 is 20.2 Å². The number of unbranched alkanes of at least 4 members (excludes halogenated alkanes) is 1. The minimum Gasteiger partial charge on any atom is -0.467 e. The van der Waals surface area contributed by atoms with Gasteiger partial charge in [-0.3, -0.25) is 4.57 Å². The highest BCUT2D eigenvalue weighted by Gasteiger charge is 2.31. The highest BCUT2D eigenvalue weighted by Crippen LogP contribution is 2.15. The predicted molar refractivity (Wildman–Crippen MR) is 96.8 cm³/mol. The Labute approximate surface area is 153 Å². The summed E-state index contributed by atoms with van der Waals surface area (Å²) in [5.41, 5.74) is 0. The molecule has 2 heterocycles. The van der Waals surface area contributed by atoms with Crippen LogP contribution in [-0.2, 0) is 16.1 Å². The summed E-state index contributed by atoms with van der Waals surface area (Å²) >= 11 is 0. The van der Waals surface area contributed by atoms with E-state index < -0.39 is 12.0 Å². The maximum atomic E-state index is 12.8. The van der Waals surface area contributed by atoms with E-state index in [1.54, 1.807) is 24.4 Å². The molecule has 0 fully saturated rings. The van der Waals surface area contributed by atoms with E-state index in [0.29, 0.717) is 25.2 Å². The Kier molecular flexibility index (Phi) is 8.86. The lowest BCUT2D eigenvalue weighted by Gasteiger charge is -2.28. The molecule has 0 radical (unpaired) electrons. The lowest BCUT2D eigenvalue weighted by atomic mass is 10.2. The molecule has 0 saturated carbocycles. The van der Waals surface area contributed by atoms with Gasteiger partial charge in [-0.1, -0.05) is 13.0 Å². The number of rotatable bonds is 9. The maximum Gasteiger partial charge on any atom is 0.330 e. The summed E-state index contributed by atoms with van der Waals surface area (Å²) in [5, 5.41) is 0. The fourth-order valence-electron chi connectivity index (χ4n) is 2.41. The summed E-state index contributed by atoms with van der Waals surface area (Å²) in [6, 6.07) is 2.44. The predicted octanol–water partition coefficient (Wildman–Crippen LogP) is 3.40. The first kappa shape index (κ1) is 21.2. The van der Waals surface area contributed by atoms with Crippen molar-refractivity contribution in [2.45, 2.75) is 38.8 Å². The molecule has 2 aromatic rings. The lowest BCUT2D eigenvalue weighted by Crippen LogP contribution is -2.46. The van der Waals surface area contributed by atoms with Gasteiger partial charge in [0.25, 0.3) is 0 Å². The second kappa shape index (κ2) is 10.9. The van der Waals surface area contributed by atoms with Crippen molar-refractivity contribution in [2.75, 3.05) is 6.61 Å². The number of nitrogens with zero attached hydrogens (tertiary/aromatic N) is 3. The SMILES string of the molecule is C=CCCCOC(=O)C(CC)N(Cc1ccco1)C(=O)n1ccnc1.N. The van der Waals surface area contributed by atoms with Crippen molar-refractivity contribution in [1.82, 2.24) is 20.6 Å². The average molecular weight is 362 g/mol. The molecular weight excluding hydrogens is 336 g/mol. The standard InChI is InChI=1S/C18H23N3O4.H3N/c1-3-5-6-11-25-17(22)16(4-2)21(13-15-8-7-12-24-15)18(23)20-10-9-19-14-20;/h3,7-10,12,14,16H,1,4-6,11,13H2,2H3;1H3. The summed E-state index contributed by atoms with van der Waals surface area (Å²) in [6.45, 7) is 5.95. The first-order chi connectivity index (χ1) is 12.2. The van der Waals surface area contributed by atoms with E-state index in [1.165, 1.54) is 28.3 Å². The first-order valence-corrected chi connectivity index (χ1v) is 8.26. The van der Waals surface area contributed by atoms with Crippen LogP contribution in [0.2, 0.25) is 0 Å². The number of furan rings is 1. The van der Waals surface area contributed by atoms with Gasteiger partial charge in [-0.05, 0) is 31.4 Å². The third-order valence-corrected chi connectivity index (χ3v) is 3.71. The fraction of sp³-hybridized carbons (Fsp3) is 0.389. The maximum absolute atomic E-state index is 12.8. The molecule has 2 aromatic heterocycles. The molecule has 8 heteroatoms. The van der Waals surface area contributed by atoms with Crippen LogP contribution in [0.15, 0.2) is 54.2 Å². The zero-order valence-electron chi connectivity index (χ0n) is 15.0. The van der Waals surface area contributed by atoms with Gasteiger partial charge in [-0.2, -0.15) is 0 Å². The molecule has 26 heavy (non-hydrogen) atoms. The minimum absolute atomic E-state index is 0. The minimum atomic E-state index is -0.705. The third-order valence-electron chi connectivity index (χ3n) is 3.71. The number of ether oxygens (including phenoxy) is 1. The molecular formula is C18H26N4O4. The van der Waals surface area contributed by atoms with Crippen LogP contribution in [0.1, 0.15) is 31.9 Å². The highest BCUT2D eigenvalue weighted by atomic mass is 16.5. The molecule has 0 aliphatic heterocycles. The third kappa shape index (κ3) is 5.59. The summed E-state index contributed by atoms with van der Waals surface area (Å²) in [6.07, 6.45) is 9.67. The molecule has 0 aromatic carbocycles. The van der Waals surface area contributed by atoms with E-state index in [-0.39, 0.29) is 18.7 Å². The van der Waals surface area contributed by atoms with Crippen molar-refractivity contribution in [3.8, 4) is 0 Å². The number of allylic oxidation sites excluding steroid dienone is 1. The molecule has 1 amide bonds. The largest absolute Gasteiger partial charge is 0.467 e. The molecule has 0 saturated heterocycles. The van der Waals surface area contributed by atoms with Gasteiger partial charge in [0.2, 0.25) is 0 Å². The van der Waals surface area contributed by atoms with E-state index in [9.17, 15) is 9.59 Å². The highest BCUT2D eigenvalue weighted by molar-refractivity contribution is 5.84. The quantitative estimate of drug-likeness (QED) is 0.415. The van der Waals surface area contributed by atoms with E-state index >= 15 is 0 Å². The summed E-state index contributed by atoms with van der Waals surface area (Å²) in [5.74, 6) is 0.165. The number of hydrogen-bond acceptors (Lipinski definition) is 6. The van der Waals surface area contributed by atoms with E-state index in [1.807, 2.05) is 6.92 Å². The van der Waals surface area contributed by atoms with Crippen LogP contribution in [0.3, 0.4) is 0 Å². The Morgan fingerprint density at radius 2 is 2.31 bits per heavy atom. The molecule has 3 N–H and O–H groups in total. The van der Waals surface area contributed by atoms with Crippen LogP contribution < -0.4 is 6.15 Å². The van der Waals surface area contributed by atoms with E-state index in [4.69, 9.17) is 9.15 Å². The number of imidazole rings is 1. The van der Waals surface area contributed by atoms with E-state index in [0.717, 1.165) is 6.42 Å². The van der Waals surface area contributed by atoms with Gasteiger partial charge >= 0.3 is 12.0 Å². The fourth-order valence-corrected chi connectivity index (χ4v) is 2.41. The molecule has 0 aliphatic rings. The second-order valence-corrected chi connectivity index (χ2v) is 5.48. The van der Waals surface area contributed by atoms with Gasteiger partial charge in [0.05, 0.1) is 19.4 Å². The van der Waals surface area contributed by atoms with Crippen LogP contribution in [0.25, 0.3) is 0 Å². The first-order valence-electron chi connectivity index (χ1n) is 8.26. The molecule has 0 aliphatic carbocycles. The number of carbonyl (C=O) groups is 2. The van der Waals surface area contributed by atoms with Crippen LogP contribution in [0.4, 0.5) is 4.79 Å². The number of esters is 1. The van der Waals surface area contributed by atoms with Crippen molar-refractivity contribution in [3.05, 3.63) is 55.5 Å². The van der Waals surface area contributed by atoms with Gasteiger partial charge in [-0.25, -0.2) is 14.6 Å². The molecule has 1 unspecified atom stereocenters. The van der Waals surface area contributed by atoms with Crippen molar-refractivity contribution < 1.29 is 18.7 Å². The summed E-state index contributed by atoms with van der Waals surface area (Å²) in [4.78, 5) is 30.6. The van der Waals surface area contributed by atoms with Crippen LogP contribution in [0, 0.1) is 0 Å². The zero-order chi connectivity index (χ0) is 18.1. The van der Waals surface area contributed by atoms with Gasteiger partial charge in [0.15, 0.2) is 0 Å². The molecule has 1 atom stereocenters. The molecule has 0 bridgehead atoms. The molecule has 142 valence electrons. The topological polar surface area (TPSA) is 113 Å². The second-order valence-electron chi connectivity index (χ2n) is 5.48. The Morgan fingerprint density at radius 3 is 2.88 bits per heavy atom. The zero-order valence-corrected chi connectivity index (χ0v) is 15.0. The molecule has 2 rings (SSSR count). The average Bonchev–Trinajstić information content (AvgIpc) is 3.31. The summed E-state index contributed by atoms with van der Waals surface area (Å²) in [7, 11) is 0. The lowest BCUT2D eigenvalue weighted by molar-refractivity contribution is -0.149. The van der Waals surface area contributed by atoms with Crippen molar-refractivity contribution in [2.24, 2.45) is 0 Å². The smallest absolute Gasteiger partial charge is 0.330 e. The Balaban J connectivity index is 0.00000338. The summed E-state index contributed by atoms with van der Waals surface area (Å²) < 4.78 is 12.0. The van der Waals surface area contributed by atoms with Crippen LogP contribution in [0.5, 0.6) is 0 Å². The Bertz CT molecular complexity index is 667. The van der Waals surface area contributed by atoms with Gasteiger partial charge in [-0.15, -0.1) is 6.58 Å². The molecule has 8 nitrogen and oxygen atoms in total. The normalized spacial score (nSPS) is 11.3. The molecule has 0 spiro atoms. The van der Waals surface area contributed by atoms with Gasteiger partial charge in [0.1, 0.15) is 18.1 Å². The van der Waals surface area contributed by atoms with Gasteiger partial charge in [0, 0.05) is 12.4 Å². The van der Waals surface area contributed by atoms with E-state index in [2.05, 4.69) is 11.6 Å². The monoisotopic (exact) mass is 362 g/mol. The van der Waals surface area contributed by atoms with Crippen molar-refractivity contribution in [3.63, 3.8) is 0 Å². The Hall–Kier alpha value is -2.87. The van der Waals surface area contributed by atoms with Crippen LogP contribution in [-0.4, -0.2) is 39.1 Å². The number of hydrogen-bond donors (Lipinski definition) is 1. The Morgan fingerprint density at radius 1 is 1.50 bits per heavy atom.